The van der Waals surface area contributed by atoms with E-state index in [1.165, 1.54) is 32.6 Å². The molecule has 8 nitrogen and oxygen atoms in total. The number of hydrogen-bond donors (Lipinski definition) is 0. The molecule has 0 heterocycles. The largest absolute Gasteiger partial charge is 0.503 e. The van der Waals surface area contributed by atoms with Gasteiger partial charge in [0.25, 0.3) is 0 Å². The second kappa shape index (κ2) is 14.5. The Balaban J connectivity index is 1.78. The monoisotopic (exact) mass is 570 g/mol. The molecule has 0 radical (unpaired) electrons. The Kier molecular flexibility index (Phi) is 10.9. The van der Waals surface area contributed by atoms with E-state index >= 15 is 0 Å². The first kappa shape index (κ1) is 30.7. The number of hydrogen-bond acceptors (Lipinski definition) is 8. The van der Waals surface area contributed by atoms with Gasteiger partial charge in [0.1, 0.15) is 41.7 Å². The molecule has 3 aromatic rings. The van der Waals surface area contributed by atoms with Crippen LogP contribution in [0.25, 0.3) is 5.57 Å². The normalized spacial score (nSPS) is 12.5. The van der Waals surface area contributed by atoms with E-state index in [0.717, 1.165) is 12.1 Å². The van der Waals surface area contributed by atoms with Crippen LogP contribution in [0, 0.1) is 0 Å². The molecule has 0 aliphatic rings. The van der Waals surface area contributed by atoms with E-state index in [0.29, 0.717) is 40.5 Å². The summed E-state index contributed by atoms with van der Waals surface area (Å²) in [6.07, 6.45) is -3.18. The molecule has 3 aromatic carbocycles. The lowest BCUT2D eigenvalue weighted by Crippen LogP contribution is -2.14. The van der Waals surface area contributed by atoms with Gasteiger partial charge in [0.15, 0.2) is 0 Å². The zero-order chi connectivity index (χ0) is 29.8. The van der Waals surface area contributed by atoms with Crippen LogP contribution >= 0.6 is 0 Å². The maximum atomic E-state index is 13.0. The molecule has 0 N–H and O–H groups in total. The van der Waals surface area contributed by atoms with Gasteiger partial charge in [0, 0.05) is 11.1 Å². The average molecular weight is 571 g/mol. The summed E-state index contributed by atoms with van der Waals surface area (Å²) in [5.74, 6) is -0.180. The third kappa shape index (κ3) is 8.59. The molecule has 0 amide bonds. The molecule has 216 valence electrons. The second-order valence-corrected chi connectivity index (χ2v) is 8.38. The zero-order valence-corrected chi connectivity index (χ0v) is 22.9. The fourth-order valence-corrected chi connectivity index (χ4v) is 3.61. The summed E-state index contributed by atoms with van der Waals surface area (Å²) in [6, 6.07) is 18.3. The first-order valence-electron chi connectivity index (χ1n) is 12.4. The number of methoxy groups -OCH3 is 2. The van der Waals surface area contributed by atoms with Gasteiger partial charge in [-0.3, -0.25) is 0 Å². The molecule has 0 bridgehead atoms. The summed E-state index contributed by atoms with van der Waals surface area (Å²) in [7, 11) is 2.71. The predicted octanol–water partition coefficient (Wildman–Crippen LogP) is 6.99. The Morgan fingerprint density at radius 3 is 2.29 bits per heavy atom. The lowest BCUT2D eigenvalue weighted by molar-refractivity contribution is -0.137. The van der Waals surface area contributed by atoms with Gasteiger partial charge < -0.3 is 23.9 Å². The van der Waals surface area contributed by atoms with Gasteiger partial charge in [-0.25, -0.2) is 4.79 Å². The fourth-order valence-electron chi connectivity index (χ4n) is 3.61. The topological polar surface area (TPSA) is 87.9 Å². The highest BCUT2D eigenvalue weighted by Crippen LogP contribution is 2.32. The highest BCUT2D eigenvalue weighted by Gasteiger charge is 2.30. The third-order valence-electron chi connectivity index (χ3n) is 5.52. The number of rotatable bonds is 12. The van der Waals surface area contributed by atoms with Crippen molar-refractivity contribution in [1.29, 1.82) is 0 Å². The van der Waals surface area contributed by atoms with E-state index in [4.69, 9.17) is 23.9 Å². The summed E-state index contributed by atoms with van der Waals surface area (Å²) in [5, 5.41) is 8.33. The molecule has 0 saturated carbocycles. The minimum absolute atomic E-state index is 0.0250. The van der Waals surface area contributed by atoms with Crippen molar-refractivity contribution >= 4 is 23.0 Å². The Labute approximate surface area is 235 Å². The quantitative estimate of drug-likeness (QED) is 0.0767. The van der Waals surface area contributed by atoms with Crippen molar-refractivity contribution in [2.24, 2.45) is 10.3 Å². The van der Waals surface area contributed by atoms with E-state index in [2.05, 4.69) is 10.3 Å². The van der Waals surface area contributed by atoms with Crippen molar-refractivity contribution < 1.29 is 41.9 Å². The first-order chi connectivity index (χ1) is 19.7. The van der Waals surface area contributed by atoms with E-state index in [1.807, 2.05) is 0 Å². The molecule has 41 heavy (non-hydrogen) atoms. The molecule has 3 rings (SSSR count). The van der Waals surface area contributed by atoms with Gasteiger partial charge in [0.2, 0.25) is 0 Å². The number of ether oxygens (including phenoxy) is 3. The van der Waals surface area contributed by atoms with Crippen LogP contribution in [0.15, 0.2) is 89.4 Å². The SMILES string of the molecule is CCO/N=C(/C(C)=N/OCc1ccccc1/C(=C\OC)C(=O)OC)c1ccc(Oc2cccc(C(F)(F)F)c2)cc1. The molecule has 0 fully saturated rings. The van der Waals surface area contributed by atoms with E-state index in [9.17, 15) is 18.0 Å². The first-order valence-corrected chi connectivity index (χ1v) is 12.4. The second-order valence-electron chi connectivity index (χ2n) is 8.38. The summed E-state index contributed by atoms with van der Waals surface area (Å²) in [6.45, 7) is 3.79. The minimum Gasteiger partial charge on any atom is -0.503 e. The van der Waals surface area contributed by atoms with Gasteiger partial charge in [-0.05, 0) is 61.9 Å². The Morgan fingerprint density at radius 1 is 0.902 bits per heavy atom. The summed E-state index contributed by atoms with van der Waals surface area (Å²) in [5.41, 5.74) is 2.02. The van der Waals surface area contributed by atoms with Crippen molar-refractivity contribution in [2.45, 2.75) is 26.6 Å². The molecule has 0 atom stereocenters. The molecule has 0 aromatic heterocycles. The van der Waals surface area contributed by atoms with Crippen LogP contribution in [0.4, 0.5) is 13.2 Å². The van der Waals surface area contributed by atoms with Crippen LogP contribution in [-0.4, -0.2) is 38.2 Å². The number of nitrogens with zero attached hydrogens (tertiary/aromatic N) is 2. The molecule has 0 aliphatic carbocycles. The number of esters is 1. The molecular formula is C30H29F3N2O6. The summed E-state index contributed by atoms with van der Waals surface area (Å²) < 4.78 is 54.6. The van der Waals surface area contributed by atoms with Crippen LogP contribution in [0.3, 0.4) is 0 Å². The van der Waals surface area contributed by atoms with Gasteiger partial charge in [0.05, 0.1) is 26.0 Å². The average Bonchev–Trinajstić information content (AvgIpc) is 2.96. The highest BCUT2D eigenvalue weighted by molar-refractivity contribution is 6.47. The van der Waals surface area contributed by atoms with E-state index < -0.39 is 17.7 Å². The molecular weight excluding hydrogens is 541 g/mol. The van der Waals surface area contributed by atoms with Gasteiger partial charge in [-0.15, -0.1) is 0 Å². The van der Waals surface area contributed by atoms with Crippen molar-refractivity contribution in [3.63, 3.8) is 0 Å². The molecule has 0 spiro atoms. The third-order valence-corrected chi connectivity index (χ3v) is 5.52. The lowest BCUT2D eigenvalue weighted by Gasteiger charge is -2.12. The van der Waals surface area contributed by atoms with E-state index in [-0.39, 0.29) is 17.9 Å². The number of carbonyl (C=O) groups is 1. The van der Waals surface area contributed by atoms with Crippen LogP contribution in [0.5, 0.6) is 11.5 Å². The van der Waals surface area contributed by atoms with E-state index in [1.54, 1.807) is 62.4 Å². The van der Waals surface area contributed by atoms with Crippen molar-refractivity contribution in [1.82, 2.24) is 0 Å². The molecule has 0 unspecified atom stereocenters. The van der Waals surface area contributed by atoms with Gasteiger partial charge >= 0.3 is 12.1 Å². The molecule has 11 heteroatoms. The Morgan fingerprint density at radius 2 is 1.63 bits per heavy atom. The van der Waals surface area contributed by atoms with Crippen molar-refractivity contribution in [2.75, 3.05) is 20.8 Å². The summed E-state index contributed by atoms with van der Waals surface area (Å²) in [4.78, 5) is 23.1. The number of benzene rings is 3. The van der Waals surface area contributed by atoms with Crippen molar-refractivity contribution in [3.05, 3.63) is 101 Å². The number of oxime groups is 2. The fraction of sp³-hybridized carbons (Fsp3) is 0.233. The highest BCUT2D eigenvalue weighted by atomic mass is 19.4. The van der Waals surface area contributed by atoms with Gasteiger partial charge in [-0.2, -0.15) is 13.2 Å². The Bertz CT molecular complexity index is 1420. The number of carbonyl (C=O) groups excluding carboxylic acids is 1. The van der Waals surface area contributed by atoms with Crippen LogP contribution in [-0.2, 0) is 36.7 Å². The molecule has 0 aliphatic heterocycles. The zero-order valence-electron chi connectivity index (χ0n) is 22.9. The molecule has 0 saturated heterocycles. The van der Waals surface area contributed by atoms with Crippen LogP contribution < -0.4 is 4.74 Å². The smallest absolute Gasteiger partial charge is 0.416 e. The maximum Gasteiger partial charge on any atom is 0.416 e. The van der Waals surface area contributed by atoms with Crippen molar-refractivity contribution in [3.8, 4) is 11.5 Å². The lowest BCUT2D eigenvalue weighted by atomic mass is 10.0. The minimum atomic E-state index is -4.47. The number of alkyl halides is 3. The van der Waals surface area contributed by atoms with Crippen LogP contribution in [0.2, 0.25) is 0 Å². The predicted molar refractivity (Wildman–Crippen MR) is 147 cm³/mol. The van der Waals surface area contributed by atoms with Crippen LogP contribution in [0.1, 0.15) is 36.1 Å². The Hall–Kier alpha value is -4.80. The summed E-state index contributed by atoms with van der Waals surface area (Å²) >= 11 is 0. The maximum absolute atomic E-state index is 13.0. The standard InChI is InChI=1S/C30H29F3N2O6/c1-5-39-35-28(21-13-15-24(16-14-21)41-25-11-8-10-23(17-25)30(31,32)33)20(2)34-40-18-22-9-6-7-12-26(22)27(19-37-3)29(36)38-4/h6-17,19H,5,18H2,1-4H3/b27-19+,34-20+,35-28-. The number of halogens is 3. The van der Waals surface area contributed by atoms with Gasteiger partial charge in [-0.1, -0.05) is 40.6 Å².